The number of carboxylic acid groups (broad SMARTS) is 1. The van der Waals surface area contributed by atoms with Gasteiger partial charge >= 0.3 is 5.97 Å². The molecule has 0 saturated carbocycles. The Labute approximate surface area is 160 Å². The van der Waals surface area contributed by atoms with Crippen molar-refractivity contribution >= 4 is 17.5 Å². The number of Topliss-reactive ketones (excluding diaryl/α,β-unsaturated/α-hetero) is 1. The smallest absolute Gasteiger partial charge is 0.306 e. The summed E-state index contributed by atoms with van der Waals surface area (Å²) < 4.78 is 0. The summed E-state index contributed by atoms with van der Waals surface area (Å²) in [4.78, 5) is 36.7. The summed E-state index contributed by atoms with van der Waals surface area (Å²) in [7, 11) is 0. The van der Waals surface area contributed by atoms with Crippen LogP contribution in [-0.4, -0.2) is 22.6 Å². The third-order valence-corrected chi connectivity index (χ3v) is 4.72. The average Bonchev–Trinajstić information content (AvgIpc) is 2.66. The van der Waals surface area contributed by atoms with Crippen LogP contribution in [0.5, 0.6) is 0 Å². The van der Waals surface area contributed by atoms with Crippen molar-refractivity contribution in [3.63, 3.8) is 0 Å². The molecule has 1 N–H and O–H groups in total. The topological polar surface area (TPSA) is 71.4 Å². The van der Waals surface area contributed by atoms with E-state index in [9.17, 15) is 19.5 Å². The molecule has 0 spiro atoms. The zero-order valence-corrected chi connectivity index (χ0v) is 16.0. The molecule has 0 aliphatic heterocycles. The van der Waals surface area contributed by atoms with Gasteiger partial charge in [0.15, 0.2) is 5.78 Å². The summed E-state index contributed by atoms with van der Waals surface area (Å²) in [6, 6.07) is 16.0. The lowest BCUT2D eigenvalue weighted by Gasteiger charge is -2.17. The Kier molecular flexibility index (Phi) is 7.05. The van der Waals surface area contributed by atoms with E-state index in [1.807, 2.05) is 38.1 Å². The van der Waals surface area contributed by atoms with Gasteiger partial charge in [-0.3, -0.25) is 14.4 Å². The third-order valence-electron chi connectivity index (χ3n) is 4.72. The van der Waals surface area contributed by atoms with Crippen molar-refractivity contribution in [2.45, 2.75) is 39.5 Å². The predicted octanol–water partition coefficient (Wildman–Crippen LogP) is 4.73. The molecule has 27 heavy (non-hydrogen) atoms. The number of benzene rings is 2. The van der Waals surface area contributed by atoms with E-state index < -0.39 is 17.8 Å². The number of hydrogen-bond acceptors (Lipinski definition) is 3. The van der Waals surface area contributed by atoms with Gasteiger partial charge in [-0.2, -0.15) is 0 Å². The standard InChI is InChI=1S/C23H26O4/c1-15(2)12-20(23(26)27)14-21(24)16(3)18-10-7-11-19(13-18)22(25)17-8-5-4-6-9-17/h4-11,13,15-16,20H,12,14H2,1-3H3,(H,26,27). The summed E-state index contributed by atoms with van der Waals surface area (Å²) in [5, 5.41) is 9.37. The molecule has 2 rings (SSSR count). The maximum absolute atomic E-state index is 12.6. The number of ketones is 2. The van der Waals surface area contributed by atoms with Gasteiger partial charge < -0.3 is 5.11 Å². The van der Waals surface area contributed by atoms with Crippen molar-refractivity contribution in [3.8, 4) is 0 Å². The molecule has 2 atom stereocenters. The first kappa shape index (κ1) is 20.6. The molecule has 4 heteroatoms. The monoisotopic (exact) mass is 366 g/mol. The highest BCUT2D eigenvalue weighted by Crippen LogP contribution is 2.24. The Bertz CT molecular complexity index is 808. The van der Waals surface area contributed by atoms with Crippen LogP contribution in [-0.2, 0) is 9.59 Å². The largest absolute Gasteiger partial charge is 0.481 e. The molecular formula is C23H26O4. The van der Waals surface area contributed by atoms with Gasteiger partial charge in [0.1, 0.15) is 5.78 Å². The number of carbonyl (C=O) groups is 3. The molecule has 0 saturated heterocycles. The van der Waals surface area contributed by atoms with Crippen LogP contribution in [0.25, 0.3) is 0 Å². The second-order valence-electron chi connectivity index (χ2n) is 7.38. The Morgan fingerprint density at radius 1 is 0.889 bits per heavy atom. The van der Waals surface area contributed by atoms with Crippen molar-refractivity contribution in [1.82, 2.24) is 0 Å². The van der Waals surface area contributed by atoms with E-state index in [1.165, 1.54) is 0 Å². The number of hydrogen-bond donors (Lipinski definition) is 1. The number of aliphatic carboxylic acids is 1. The lowest BCUT2D eigenvalue weighted by molar-refractivity contribution is -0.144. The zero-order valence-electron chi connectivity index (χ0n) is 16.0. The lowest BCUT2D eigenvalue weighted by atomic mass is 9.86. The molecule has 0 heterocycles. The number of rotatable bonds is 9. The predicted molar refractivity (Wildman–Crippen MR) is 105 cm³/mol. The van der Waals surface area contributed by atoms with Gasteiger partial charge in [0, 0.05) is 23.5 Å². The van der Waals surface area contributed by atoms with E-state index >= 15 is 0 Å². The van der Waals surface area contributed by atoms with E-state index in [2.05, 4.69) is 0 Å². The van der Waals surface area contributed by atoms with Crippen molar-refractivity contribution < 1.29 is 19.5 Å². The van der Waals surface area contributed by atoms with E-state index in [0.717, 1.165) is 5.56 Å². The average molecular weight is 366 g/mol. The van der Waals surface area contributed by atoms with Crippen LogP contribution < -0.4 is 0 Å². The molecule has 2 unspecified atom stereocenters. The van der Waals surface area contributed by atoms with Gasteiger partial charge in [-0.1, -0.05) is 69.3 Å². The summed E-state index contributed by atoms with van der Waals surface area (Å²) in [6.07, 6.45) is 0.478. The van der Waals surface area contributed by atoms with Gasteiger partial charge in [-0.05, 0) is 24.0 Å². The van der Waals surface area contributed by atoms with Crippen molar-refractivity contribution in [2.75, 3.05) is 0 Å². The van der Waals surface area contributed by atoms with Crippen molar-refractivity contribution in [1.29, 1.82) is 0 Å². The summed E-state index contributed by atoms with van der Waals surface area (Å²) >= 11 is 0. The summed E-state index contributed by atoms with van der Waals surface area (Å²) in [5.74, 6) is -2.07. The molecule has 4 nitrogen and oxygen atoms in total. The van der Waals surface area contributed by atoms with Crippen molar-refractivity contribution in [3.05, 3.63) is 71.3 Å². The fraction of sp³-hybridized carbons (Fsp3) is 0.348. The second-order valence-corrected chi connectivity index (χ2v) is 7.38. The third kappa shape index (κ3) is 5.61. The molecule has 0 aromatic heterocycles. The van der Waals surface area contributed by atoms with E-state index in [0.29, 0.717) is 17.5 Å². The van der Waals surface area contributed by atoms with Gasteiger partial charge in [0.2, 0.25) is 0 Å². The molecular weight excluding hydrogens is 340 g/mol. The van der Waals surface area contributed by atoms with Gasteiger partial charge in [-0.25, -0.2) is 0 Å². The fourth-order valence-electron chi connectivity index (χ4n) is 3.15. The highest BCUT2D eigenvalue weighted by Gasteiger charge is 2.26. The highest BCUT2D eigenvalue weighted by molar-refractivity contribution is 6.09. The van der Waals surface area contributed by atoms with Crippen LogP contribution in [0.15, 0.2) is 54.6 Å². The molecule has 0 aliphatic rings. The van der Waals surface area contributed by atoms with Crippen molar-refractivity contribution in [2.24, 2.45) is 11.8 Å². The van der Waals surface area contributed by atoms with E-state index in [4.69, 9.17) is 0 Å². The van der Waals surface area contributed by atoms with Gasteiger partial charge in [-0.15, -0.1) is 0 Å². The highest BCUT2D eigenvalue weighted by atomic mass is 16.4. The second kappa shape index (κ2) is 9.26. The van der Waals surface area contributed by atoms with Crippen LogP contribution in [0.1, 0.15) is 61.0 Å². The first-order chi connectivity index (χ1) is 12.8. The molecule has 142 valence electrons. The van der Waals surface area contributed by atoms with Crippen LogP contribution in [0, 0.1) is 11.8 Å². The van der Waals surface area contributed by atoms with Crippen LogP contribution in [0.3, 0.4) is 0 Å². The minimum atomic E-state index is -0.933. The SMILES string of the molecule is CC(C)CC(CC(=O)C(C)c1cccc(C(=O)c2ccccc2)c1)C(=O)O. The normalized spacial score (nSPS) is 13.2. The van der Waals surface area contributed by atoms with Gasteiger partial charge in [0.05, 0.1) is 5.92 Å². The Hall–Kier alpha value is -2.75. The Morgan fingerprint density at radius 3 is 2.11 bits per heavy atom. The Balaban J connectivity index is 2.16. The first-order valence-corrected chi connectivity index (χ1v) is 9.24. The fourth-order valence-corrected chi connectivity index (χ4v) is 3.15. The molecule has 2 aromatic rings. The van der Waals surface area contributed by atoms with Crippen LogP contribution in [0.4, 0.5) is 0 Å². The van der Waals surface area contributed by atoms with Gasteiger partial charge in [0.25, 0.3) is 0 Å². The quantitative estimate of drug-likeness (QED) is 0.652. The molecule has 0 bridgehead atoms. The maximum atomic E-state index is 12.6. The molecule has 0 amide bonds. The van der Waals surface area contributed by atoms with E-state index in [1.54, 1.807) is 37.3 Å². The first-order valence-electron chi connectivity index (χ1n) is 9.24. The summed E-state index contributed by atoms with van der Waals surface area (Å²) in [6.45, 7) is 5.66. The van der Waals surface area contributed by atoms with Crippen LogP contribution in [0.2, 0.25) is 0 Å². The number of carboxylic acids is 1. The molecule has 0 fully saturated rings. The maximum Gasteiger partial charge on any atom is 0.306 e. The Morgan fingerprint density at radius 2 is 1.52 bits per heavy atom. The van der Waals surface area contributed by atoms with Crippen LogP contribution >= 0.6 is 0 Å². The number of carbonyl (C=O) groups excluding carboxylic acids is 2. The van der Waals surface area contributed by atoms with E-state index in [-0.39, 0.29) is 23.9 Å². The molecule has 2 aromatic carbocycles. The lowest BCUT2D eigenvalue weighted by Crippen LogP contribution is -2.22. The minimum Gasteiger partial charge on any atom is -0.481 e. The molecule has 0 aliphatic carbocycles. The summed E-state index contributed by atoms with van der Waals surface area (Å²) in [5.41, 5.74) is 1.85. The molecule has 0 radical (unpaired) electrons. The zero-order chi connectivity index (χ0) is 20.0. The minimum absolute atomic E-state index is 0.00550.